The Morgan fingerprint density at radius 1 is 1.35 bits per heavy atom. The highest BCUT2D eigenvalue weighted by molar-refractivity contribution is 7.17. The van der Waals surface area contributed by atoms with Crippen LogP contribution < -0.4 is 10.6 Å². The number of thiazole rings is 1. The van der Waals surface area contributed by atoms with Crippen LogP contribution in [-0.2, 0) is 0 Å². The molecule has 0 radical (unpaired) electrons. The lowest BCUT2D eigenvalue weighted by Crippen LogP contribution is -2.48. The van der Waals surface area contributed by atoms with Crippen molar-refractivity contribution in [2.45, 2.75) is 0 Å². The fraction of sp³-hybridized carbons (Fsp3) is 0.444. The third-order valence-corrected chi connectivity index (χ3v) is 3.63. The van der Waals surface area contributed by atoms with Crippen LogP contribution in [0.5, 0.6) is 0 Å². The number of anilines is 1. The first-order chi connectivity index (χ1) is 8.08. The highest BCUT2D eigenvalue weighted by Crippen LogP contribution is 2.23. The van der Waals surface area contributed by atoms with Crippen molar-refractivity contribution in [1.82, 2.24) is 9.88 Å². The molecule has 0 aromatic carbocycles. The first-order valence-electron chi connectivity index (χ1n) is 5.06. The van der Waals surface area contributed by atoms with Crippen molar-refractivity contribution in [2.75, 3.05) is 31.1 Å². The first kappa shape index (κ1) is 11.6. The van der Waals surface area contributed by atoms with Crippen molar-refractivity contribution >= 4 is 28.5 Å². The minimum Gasteiger partial charge on any atom is -0.465 e. The summed E-state index contributed by atoms with van der Waals surface area (Å²) in [4.78, 5) is 29.5. The van der Waals surface area contributed by atoms with Crippen LogP contribution in [0.3, 0.4) is 0 Å². The van der Waals surface area contributed by atoms with E-state index in [9.17, 15) is 9.59 Å². The fourth-order valence-electron chi connectivity index (χ4n) is 1.61. The molecule has 1 saturated heterocycles. The maximum Gasteiger partial charge on any atom is 0.407 e. The maximum absolute atomic E-state index is 10.9. The zero-order chi connectivity index (χ0) is 12.4. The normalized spacial score (nSPS) is 16.0. The van der Waals surface area contributed by atoms with Crippen LogP contribution in [0.25, 0.3) is 0 Å². The Morgan fingerprint density at radius 2 is 2.00 bits per heavy atom. The van der Waals surface area contributed by atoms with Gasteiger partial charge in [-0.15, -0.1) is 0 Å². The van der Waals surface area contributed by atoms with E-state index in [1.165, 1.54) is 22.4 Å². The quantitative estimate of drug-likeness (QED) is 0.778. The number of hydrogen-bond donors (Lipinski definition) is 2. The number of nitrogens with two attached hydrogens (primary N) is 1. The molecule has 7 nitrogen and oxygen atoms in total. The molecular formula is C9H12N4O3S. The first-order valence-corrected chi connectivity index (χ1v) is 5.88. The SMILES string of the molecule is NC(=O)c1cnc(N2CCN(C(=O)O)CC2)s1. The lowest BCUT2D eigenvalue weighted by Gasteiger charge is -2.32. The highest BCUT2D eigenvalue weighted by atomic mass is 32.1. The van der Waals surface area contributed by atoms with Gasteiger partial charge in [0.15, 0.2) is 5.13 Å². The molecule has 0 saturated carbocycles. The van der Waals surface area contributed by atoms with E-state index in [4.69, 9.17) is 10.8 Å². The summed E-state index contributed by atoms with van der Waals surface area (Å²) in [6, 6.07) is 0. The number of carbonyl (C=O) groups is 2. The van der Waals surface area contributed by atoms with Gasteiger partial charge >= 0.3 is 6.09 Å². The van der Waals surface area contributed by atoms with Gasteiger partial charge in [-0.3, -0.25) is 4.79 Å². The molecule has 0 aliphatic carbocycles. The Balaban J connectivity index is 2.00. The molecule has 1 aromatic heterocycles. The van der Waals surface area contributed by atoms with E-state index in [0.717, 1.165) is 0 Å². The Morgan fingerprint density at radius 3 is 2.47 bits per heavy atom. The predicted octanol–water partition coefficient (Wildman–Crippen LogP) is 0.0420. The largest absolute Gasteiger partial charge is 0.465 e. The molecule has 17 heavy (non-hydrogen) atoms. The van der Waals surface area contributed by atoms with Crippen LogP contribution in [0, 0.1) is 0 Å². The number of nitrogens with zero attached hydrogens (tertiary/aromatic N) is 3. The molecule has 2 rings (SSSR count). The molecule has 2 heterocycles. The number of rotatable bonds is 2. The van der Waals surface area contributed by atoms with Gasteiger partial charge in [-0.05, 0) is 0 Å². The van der Waals surface area contributed by atoms with Crippen LogP contribution in [0.2, 0.25) is 0 Å². The molecule has 1 aliphatic rings. The predicted molar refractivity (Wildman–Crippen MR) is 62.4 cm³/mol. The molecule has 1 fully saturated rings. The molecule has 2 amide bonds. The maximum atomic E-state index is 10.9. The van der Waals surface area contributed by atoms with Gasteiger partial charge in [-0.1, -0.05) is 11.3 Å². The summed E-state index contributed by atoms with van der Waals surface area (Å²) >= 11 is 1.23. The Kier molecular flexibility index (Phi) is 3.14. The van der Waals surface area contributed by atoms with Gasteiger partial charge in [0, 0.05) is 26.2 Å². The van der Waals surface area contributed by atoms with Crippen molar-refractivity contribution < 1.29 is 14.7 Å². The Labute approximate surface area is 101 Å². The number of carboxylic acid groups (broad SMARTS) is 1. The molecule has 92 valence electrons. The van der Waals surface area contributed by atoms with E-state index < -0.39 is 12.0 Å². The third kappa shape index (κ3) is 2.47. The summed E-state index contributed by atoms with van der Waals surface area (Å²) in [5.41, 5.74) is 5.15. The van der Waals surface area contributed by atoms with E-state index >= 15 is 0 Å². The van der Waals surface area contributed by atoms with Gasteiger partial charge in [-0.2, -0.15) is 0 Å². The number of carbonyl (C=O) groups excluding carboxylic acids is 1. The second-order valence-corrected chi connectivity index (χ2v) is 4.64. The average molecular weight is 256 g/mol. The van der Waals surface area contributed by atoms with E-state index in [1.807, 2.05) is 4.90 Å². The number of aromatic nitrogens is 1. The topological polar surface area (TPSA) is 99.8 Å². The van der Waals surface area contributed by atoms with Gasteiger partial charge < -0.3 is 20.6 Å². The summed E-state index contributed by atoms with van der Waals surface area (Å²) in [5.74, 6) is -0.488. The fourth-order valence-corrected chi connectivity index (χ4v) is 2.43. The number of amides is 2. The number of hydrogen-bond acceptors (Lipinski definition) is 5. The van der Waals surface area contributed by atoms with Crippen LogP contribution in [-0.4, -0.2) is 53.2 Å². The smallest absolute Gasteiger partial charge is 0.407 e. The summed E-state index contributed by atoms with van der Waals surface area (Å²) in [6.07, 6.45) is 0.549. The summed E-state index contributed by atoms with van der Waals surface area (Å²) in [6.45, 7) is 2.05. The molecule has 0 atom stereocenters. The molecule has 0 unspecified atom stereocenters. The van der Waals surface area contributed by atoms with Gasteiger partial charge in [-0.25, -0.2) is 9.78 Å². The van der Waals surface area contributed by atoms with E-state index in [1.54, 1.807) is 0 Å². The van der Waals surface area contributed by atoms with Crippen molar-refractivity contribution in [1.29, 1.82) is 0 Å². The standard InChI is InChI=1S/C9H12N4O3S/c10-7(14)6-5-11-8(17-6)12-1-3-13(4-2-12)9(15)16/h5H,1-4H2,(H2,10,14)(H,15,16). The van der Waals surface area contributed by atoms with Crippen LogP contribution >= 0.6 is 11.3 Å². The number of primary amides is 1. The summed E-state index contributed by atoms with van der Waals surface area (Å²) in [7, 11) is 0. The average Bonchev–Trinajstić information content (AvgIpc) is 2.78. The van der Waals surface area contributed by atoms with E-state index in [0.29, 0.717) is 36.2 Å². The molecule has 3 N–H and O–H groups in total. The Bertz CT molecular complexity index is 439. The van der Waals surface area contributed by atoms with Gasteiger partial charge in [0.05, 0.1) is 6.20 Å². The summed E-state index contributed by atoms with van der Waals surface area (Å²) in [5, 5.41) is 9.52. The van der Waals surface area contributed by atoms with Crippen LogP contribution in [0.15, 0.2) is 6.20 Å². The van der Waals surface area contributed by atoms with Crippen molar-refractivity contribution in [3.63, 3.8) is 0 Å². The van der Waals surface area contributed by atoms with E-state index in [-0.39, 0.29) is 0 Å². The second-order valence-electron chi connectivity index (χ2n) is 3.63. The summed E-state index contributed by atoms with van der Waals surface area (Å²) < 4.78 is 0. The van der Waals surface area contributed by atoms with Crippen molar-refractivity contribution in [2.24, 2.45) is 5.73 Å². The minimum atomic E-state index is -0.901. The molecule has 0 spiro atoms. The van der Waals surface area contributed by atoms with Crippen LogP contribution in [0.4, 0.5) is 9.93 Å². The lowest BCUT2D eigenvalue weighted by molar-refractivity contribution is 0.100. The minimum absolute atomic E-state index is 0.417. The number of piperazine rings is 1. The van der Waals surface area contributed by atoms with Crippen molar-refractivity contribution in [3.8, 4) is 0 Å². The second kappa shape index (κ2) is 4.58. The van der Waals surface area contributed by atoms with E-state index in [2.05, 4.69) is 4.98 Å². The lowest BCUT2D eigenvalue weighted by atomic mass is 10.3. The monoisotopic (exact) mass is 256 g/mol. The van der Waals surface area contributed by atoms with Crippen LogP contribution in [0.1, 0.15) is 9.67 Å². The van der Waals surface area contributed by atoms with Gasteiger partial charge in [0.2, 0.25) is 0 Å². The zero-order valence-corrected chi connectivity index (χ0v) is 9.81. The highest BCUT2D eigenvalue weighted by Gasteiger charge is 2.22. The Hall–Kier alpha value is -1.83. The van der Waals surface area contributed by atoms with Gasteiger partial charge in [0.25, 0.3) is 5.91 Å². The third-order valence-electron chi connectivity index (χ3n) is 2.56. The zero-order valence-electron chi connectivity index (χ0n) is 9.00. The molecule has 1 aliphatic heterocycles. The van der Waals surface area contributed by atoms with Gasteiger partial charge in [0.1, 0.15) is 4.88 Å². The van der Waals surface area contributed by atoms with Crippen molar-refractivity contribution in [3.05, 3.63) is 11.1 Å². The molecule has 1 aromatic rings. The molecule has 8 heteroatoms. The molecule has 0 bridgehead atoms. The molecular weight excluding hydrogens is 244 g/mol.